The van der Waals surface area contributed by atoms with Gasteiger partial charge in [-0.1, -0.05) is 13.8 Å². The molecule has 0 aliphatic rings. The third-order valence-corrected chi connectivity index (χ3v) is 1.79. The average Bonchev–Trinajstić information content (AvgIpc) is 2.21. The van der Waals surface area contributed by atoms with E-state index in [9.17, 15) is 0 Å². The smallest absolute Gasteiger partial charge is 0.0940 e. The predicted octanol–water partition coefficient (Wildman–Crippen LogP) is 2.80. The van der Waals surface area contributed by atoms with Gasteiger partial charge in [0.1, 0.15) is 0 Å². The highest BCUT2D eigenvalue weighted by molar-refractivity contribution is 8.13. The van der Waals surface area contributed by atoms with Crippen molar-refractivity contribution in [3.05, 3.63) is 30.1 Å². The number of thioether (sulfide) groups is 1. The van der Waals surface area contributed by atoms with Crippen molar-refractivity contribution in [2.75, 3.05) is 6.26 Å². The fourth-order valence-corrected chi connectivity index (χ4v) is 0.993. The van der Waals surface area contributed by atoms with Gasteiger partial charge in [0.15, 0.2) is 0 Å². The van der Waals surface area contributed by atoms with Crippen LogP contribution in [-0.4, -0.2) is 16.3 Å². The summed E-state index contributed by atoms with van der Waals surface area (Å²) in [5, 5.41) is 8.00. The molecule has 0 radical (unpaired) electrons. The zero-order chi connectivity index (χ0) is 9.40. The third-order valence-electron chi connectivity index (χ3n) is 1.15. The lowest BCUT2D eigenvalue weighted by Gasteiger charge is -1.96. The molecule has 1 aromatic rings. The highest BCUT2D eigenvalue weighted by atomic mass is 32.2. The molecule has 0 aliphatic heterocycles. The van der Waals surface area contributed by atoms with E-state index in [1.54, 1.807) is 12.4 Å². The highest BCUT2D eigenvalue weighted by Crippen LogP contribution is 2.06. The van der Waals surface area contributed by atoms with Gasteiger partial charge in [-0.05, 0) is 18.4 Å². The molecule has 1 rings (SSSR count). The fourth-order valence-electron chi connectivity index (χ4n) is 0.621. The normalized spacial score (nSPS) is 8.25. The van der Waals surface area contributed by atoms with Crippen LogP contribution in [0.5, 0.6) is 0 Å². The van der Waals surface area contributed by atoms with E-state index in [0.29, 0.717) is 5.04 Å². The van der Waals surface area contributed by atoms with Crippen LogP contribution in [0, 0.1) is 5.41 Å². The highest BCUT2D eigenvalue weighted by Gasteiger charge is 1.95. The molecule has 66 valence electrons. The van der Waals surface area contributed by atoms with Crippen molar-refractivity contribution in [1.29, 1.82) is 5.41 Å². The minimum Gasteiger partial charge on any atom is -0.293 e. The average molecular weight is 182 g/mol. The van der Waals surface area contributed by atoms with Crippen LogP contribution < -0.4 is 0 Å². The molecule has 1 heterocycles. The van der Waals surface area contributed by atoms with Gasteiger partial charge < -0.3 is 0 Å². The Hall–Kier alpha value is -0.830. The van der Waals surface area contributed by atoms with E-state index in [0.717, 1.165) is 5.56 Å². The minimum absolute atomic E-state index is 0.586. The first-order chi connectivity index (χ1) is 5.84. The van der Waals surface area contributed by atoms with Crippen LogP contribution >= 0.6 is 11.8 Å². The Morgan fingerprint density at radius 3 is 2.25 bits per heavy atom. The standard InChI is InChI=1S/C7H8N2S.C2H6/c1-10-7(8)6-2-4-9-5-3-6;1-2/h2-5,8H,1H3;1-2H3. The Morgan fingerprint density at radius 1 is 1.33 bits per heavy atom. The summed E-state index contributed by atoms with van der Waals surface area (Å²) in [6, 6.07) is 3.66. The zero-order valence-electron chi connectivity index (χ0n) is 7.66. The van der Waals surface area contributed by atoms with Crippen molar-refractivity contribution in [1.82, 2.24) is 4.98 Å². The first-order valence-corrected chi connectivity index (χ1v) is 5.10. The maximum atomic E-state index is 7.41. The van der Waals surface area contributed by atoms with Crippen LogP contribution in [0.3, 0.4) is 0 Å². The molecule has 0 unspecified atom stereocenters. The van der Waals surface area contributed by atoms with Gasteiger partial charge in [-0.3, -0.25) is 10.4 Å². The van der Waals surface area contributed by atoms with Crippen molar-refractivity contribution in [3.63, 3.8) is 0 Å². The lowest BCUT2D eigenvalue weighted by Crippen LogP contribution is -1.90. The van der Waals surface area contributed by atoms with Gasteiger partial charge >= 0.3 is 0 Å². The number of pyridine rings is 1. The molecule has 0 bridgehead atoms. The van der Waals surface area contributed by atoms with Crippen molar-refractivity contribution in [2.45, 2.75) is 13.8 Å². The summed E-state index contributed by atoms with van der Waals surface area (Å²) in [5.74, 6) is 0. The first kappa shape index (κ1) is 11.2. The van der Waals surface area contributed by atoms with E-state index in [1.165, 1.54) is 11.8 Å². The maximum Gasteiger partial charge on any atom is 0.0940 e. The number of rotatable bonds is 1. The van der Waals surface area contributed by atoms with Gasteiger partial charge in [-0.25, -0.2) is 0 Å². The Labute approximate surface area is 77.9 Å². The second-order valence-corrected chi connectivity index (χ2v) is 2.59. The Balaban J connectivity index is 0.000000561. The van der Waals surface area contributed by atoms with Crippen LogP contribution in [0.2, 0.25) is 0 Å². The first-order valence-electron chi connectivity index (χ1n) is 3.87. The summed E-state index contributed by atoms with van der Waals surface area (Å²) in [7, 11) is 0. The molecule has 0 saturated carbocycles. The molecule has 1 N–H and O–H groups in total. The van der Waals surface area contributed by atoms with Crippen LogP contribution in [0.25, 0.3) is 0 Å². The maximum absolute atomic E-state index is 7.41. The summed E-state index contributed by atoms with van der Waals surface area (Å²) in [4.78, 5) is 3.86. The van der Waals surface area contributed by atoms with Crippen LogP contribution in [0.4, 0.5) is 0 Å². The van der Waals surface area contributed by atoms with E-state index < -0.39 is 0 Å². The lowest BCUT2D eigenvalue weighted by atomic mass is 10.3. The zero-order valence-corrected chi connectivity index (χ0v) is 8.48. The quantitative estimate of drug-likeness (QED) is 0.535. The molecule has 0 saturated heterocycles. The van der Waals surface area contributed by atoms with Crippen molar-refractivity contribution >= 4 is 16.8 Å². The number of hydrogen-bond donors (Lipinski definition) is 1. The van der Waals surface area contributed by atoms with Crippen molar-refractivity contribution in [3.8, 4) is 0 Å². The van der Waals surface area contributed by atoms with E-state index in [2.05, 4.69) is 4.98 Å². The van der Waals surface area contributed by atoms with Crippen LogP contribution in [0.15, 0.2) is 24.5 Å². The summed E-state index contributed by atoms with van der Waals surface area (Å²) in [6.45, 7) is 4.00. The molecule has 0 atom stereocenters. The van der Waals surface area contributed by atoms with E-state index >= 15 is 0 Å². The Morgan fingerprint density at radius 2 is 1.83 bits per heavy atom. The molecule has 0 amide bonds. The minimum atomic E-state index is 0.586. The molecule has 12 heavy (non-hydrogen) atoms. The molecule has 0 aliphatic carbocycles. The number of nitrogens with zero attached hydrogens (tertiary/aromatic N) is 1. The van der Waals surface area contributed by atoms with Gasteiger partial charge in [-0.2, -0.15) is 0 Å². The SMILES string of the molecule is CC.CSC(=N)c1ccncc1. The second kappa shape index (κ2) is 6.85. The van der Waals surface area contributed by atoms with Crippen LogP contribution in [0.1, 0.15) is 19.4 Å². The van der Waals surface area contributed by atoms with Gasteiger partial charge in [0, 0.05) is 18.0 Å². The van der Waals surface area contributed by atoms with Gasteiger partial charge in [0.05, 0.1) is 5.04 Å². The Bertz CT molecular complexity index is 221. The number of aromatic nitrogens is 1. The topological polar surface area (TPSA) is 36.7 Å². The summed E-state index contributed by atoms with van der Waals surface area (Å²) >= 11 is 1.43. The largest absolute Gasteiger partial charge is 0.293 e. The van der Waals surface area contributed by atoms with Gasteiger partial charge in [0.2, 0.25) is 0 Å². The van der Waals surface area contributed by atoms with E-state index in [-0.39, 0.29) is 0 Å². The van der Waals surface area contributed by atoms with Crippen molar-refractivity contribution < 1.29 is 0 Å². The van der Waals surface area contributed by atoms with E-state index in [4.69, 9.17) is 5.41 Å². The molecule has 3 heteroatoms. The molecule has 1 aromatic heterocycles. The molecule has 0 aromatic carbocycles. The summed E-state index contributed by atoms with van der Waals surface area (Å²) < 4.78 is 0. The molecule has 0 spiro atoms. The van der Waals surface area contributed by atoms with Crippen LogP contribution in [-0.2, 0) is 0 Å². The number of nitrogens with one attached hydrogen (secondary N) is 1. The second-order valence-electron chi connectivity index (χ2n) is 1.77. The fraction of sp³-hybridized carbons (Fsp3) is 0.333. The molecular weight excluding hydrogens is 168 g/mol. The number of hydrogen-bond acceptors (Lipinski definition) is 3. The van der Waals surface area contributed by atoms with Gasteiger partial charge in [0.25, 0.3) is 0 Å². The van der Waals surface area contributed by atoms with E-state index in [1.807, 2.05) is 32.2 Å². The molecule has 0 fully saturated rings. The summed E-state index contributed by atoms with van der Waals surface area (Å²) in [5.41, 5.74) is 0.933. The van der Waals surface area contributed by atoms with Crippen molar-refractivity contribution in [2.24, 2.45) is 0 Å². The molecule has 2 nitrogen and oxygen atoms in total. The summed E-state index contributed by atoms with van der Waals surface area (Å²) in [6.07, 6.45) is 5.28. The monoisotopic (exact) mass is 182 g/mol. The molecular formula is C9H14N2S. The third kappa shape index (κ3) is 3.53. The van der Waals surface area contributed by atoms with Gasteiger partial charge in [-0.15, -0.1) is 11.8 Å². The lowest BCUT2D eigenvalue weighted by molar-refractivity contribution is 1.32. The Kier molecular flexibility index (Phi) is 6.38. The predicted molar refractivity (Wildman–Crippen MR) is 55.9 cm³/mol.